The Balaban J connectivity index is 1.86. The third kappa shape index (κ3) is 3.59. The first kappa shape index (κ1) is 16.1. The minimum atomic E-state index is -0.361. The highest BCUT2D eigenvalue weighted by molar-refractivity contribution is 5.40. The van der Waals surface area contributed by atoms with E-state index in [9.17, 15) is 4.39 Å². The second-order valence-electron chi connectivity index (χ2n) is 5.59. The largest absolute Gasteiger partial charge is 0.367 e. The van der Waals surface area contributed by atoms with Crippen LogP contribution in [-0.2, 0) is 6.42 Å². The average Bonchev–Trinajstić information content (AvgIpc) is 2.65. The molecule has 3 aromatic rings. The molecule has 122 valence electrons. The molecule has 0 unspecified atom stereocenters. The molecule has 3 rings (SSSR count). The van der Waals surface area contributed by atoms with Gasteiger partial charge in [0.15, 0.2) is 11.6 Å². The van der Waals surface area contributed by atoms with Crippen molar-refractivity contribution in [3.05, 3.63) is 89.6 Å². The van der Waals surface area contributed by atoms with Crippen LogP contribution >= 0.6 is 0 Å². The van der Waals surface area contributed by atoms with Crippen LogP contribution < -0.4 is 5.32 Å². The van der Waals surface area contributed by atoms with Gasteiger partial charge in [0, 0.05) is 12.5 Å². The lowest BCUT2D eigenvalue weighted by Gasteiger charge is -2.19. The predicted octanol–water partition coefficient (Wildman–Crippen LogP) is 4.42. The third-order valence-corrected chi connectivity index (χ3v) is 4.07. The van der Waals surface area contributed by atoms with Gasteiger partial charge >= 0.3 is 0 Å². The van der Waals surface area contributed by atoms with E-state index in [-0.39, 0.29) is 17.6 Å². The Morgan fingerprint density at radius 2 is 1.50 bits per heavy atom. The summed E-state index contributed by atoms with van der Waals surface area (Å²) < 4.78 is 14.3. The molecule has 1 heterocycles. The second kappa shape index (κ2) is 7.68. The van der Waals surface area contributed by atoms with Crippen molar-refractivity contribution in [1.29, 1.82) is 0 Å². The van der Waals surface area contributed by atoms with Gasteiger partial charge in [-0.25, -0.2) is 14.4 Å². The molecule has 0 bridgehead atoms. The summed E-state index contributed by atoms with van der Waals surface area (Å²) >= 11 is 0. The molecule has 0 spiro atoms. The Morgan fingerprint density at radius 3 is 2.04 bits per heavy atom. The second-order valence-corrected chi connectivity index (χ2v) is 5.59. The Labute approximate surface area is 141 Å². The van der Waals surface area contributed by atoms with Crippen LogP contribution in [0, 0.1) is 5.82 Å². The van der Waals surface area contributed by atoms with Crippen LogP contribution in [0.3, 0.4) is 0 Å². The van der Waals surface area contributed by atoms with Crippen molar-refractivity contribution >= 4 is 5.82 Å². The van der Waals surface area contributed by atoms with Crippen molar-refractivity contribution in [2.45, 2.75) is 19.3 Å². The van der Waals surface area contributed by atoms with E-state index in [0.717, 1.165) is 0 Å². The molecule has 1 N–H and O–H groups in total. The number of halogens is 1. The van der Waals surface area contributed by atoms with Gasteiger partial charge in [0.05, 0.1) is 5.69 Å². The number of anilines is 1. The topological polar surface area (TPSA) is 37.8 Å². The Kier molecular flexibility index (Phi) is 5.16. The maximum atomic E-state index is 14.3. The Hall–Kier alpha value is -2.75. The van der Waals surface area contributed by atoms with Gasteiger partial charge in [0.25, 0.3) is 0 Å². The lowest BCUT2D eigenvalue weighted by Crippen LogP contribution is -2.16. The number of nitrogens with zero attached hydrogens (tertiary/aromatic N) is 2. The molecule has 0 atom stereocenters. The quantitative estimate of drug-likeness (QED) is 0.730. The highest BCUT2D eigenvalue weighted by Gasteiger charge is 2.16. The van der Waals surface area contributed by atoms with Crippen molar-refractivity contribution in [2.75, 3.05) is 11.9 Å². The molecule has 0 aliphatic heterocycles. The smallest absolute Gasteiger partial charge is 0.186 e. The van der Waals surface area contributed by atoms with Crippen molar-refractivity contribution in [1.82, 2.24) is 9.97 Å². The van der Waals surface area contributed by atoms with Crippen LogP contribution in [0.2, 0.25) is 0 Å². The van der Waals surface area contributed by atoms with Crippen LogP contribution in [-0.4, -0.2) is 16.5 Å². The summed E-state index contributed by atoms with van der Waals surface area (Å²) in [6, 6.07) is 20.4. The summed E-state index contributed by atoms with van der Waals surface area (Å²) in [6.07, 6.45) is 1.95. The average molecular weight is 321 g/mol. The number of nitrogens with one attached hydrogen (secondary N) is 1. The number of aryl methyl sites for hydroxylation is 1. The van der Waals surface area contributed by atoms with Gasteiger partial charge in [-0.05, 0) is 17.5 Å². The standard InChI is InChI=1S/C20H20FN3/c1-2-18-19(21)20(24-14-23-18)22-13-17(15-9-5-3-6-10-15)16-11-7-4-8-12-16/h3-12,14,17H,2,13H2,1H3,(H,22,23,24). The van der Waals surface area contributed by atoms with Crippen LogP contribution in [0.25, 0.3) is 0 Å². The molecule has 1 aromatic heterocycles. The molecule has 3 nitrogen and oxygen atoms in total. The van der Waals surface area contributed by atoms with Gasteiger partial charge in [0.1, 0.15) is 6.33 Å². The van der Waals surface area contributed by atoms with Crippen LogP contribution in [0.1, 0.15) is 29.7 Å². The molecule has 0 aliphatic carbocycles. The summed E-state index contributed by atoms with van der Waals surface area (Å²) in [7, 11) is 0. The molecule has 24 heavy (non-hydrogen) atoms. The fraction of sp³-hybridized carbons (Fsp3) is 0.200. The van der Waals surface area contributed by atoms with Crippen molar-refractivity contribution in [2.24, 2.45) is 0 Å². The van der Waals surface area contributed by atoms with Crippen LogP contribution in [0.15, 0.2) is 67.0 Å². The zero-order valence-electron chi connectivity index (χ0n) is 13.6. The van der Waals surface area contributed by atoms with Crippen LogP contribution in [0.4, 0.5) is 10.2 Å². The molecule has 2 aromatic carbocycles. The SMILES string of the molecule is CCc1ncnc(NCC(c2ccccc2)c2ccccc2)c1F. The summed E-state index contributed by atoms with van der Waals surface area (Å²) in [5, 5.41) is 3.16. The van der Waals surface area contributed by atoms with E-state index in [1.807, 2.05) is 43.3 Å². The number of rotatable bonds is 6. The third-order valence-electron chi connectivity index (χ3n) is 4.07. The molecule has 0 fully saturated rings. The fourth-order valence-electron chi connectivity index (χ4n) is 2.77. The zero-order chi connectivity index (χ0) is 16.8. The number of benzene rings is 2. The molecular formula is C20H20FN3. The molecule has 4 heteroatoms. The molecular weight excluding hydrogens is 301 g/mol. The molecule has 0 saturated carbocycles. The van der Waals surface area contributed by atoms with E-state index in [1.165, 1.54) is 17.5 Å². The van der Waals surface area contributed by atoms with E-state index in [2.05, 4.69) is 39.6 Å². The zero-order valence-corrected chi connectivity index (χ0v) is 13.6. The van der Waals surface area contributed by atoms with Crippen LogP contribution in [0.5, 0.6) is 0 Å². The predicted molar refractivity (Wildman–Crippen MR) is 94.6 cm³/mol. The first-order chi connectivity index (χ1) is 11.8. The fourth-order valence-corrected chi connectivity index (χ4v) is 2.77. The minimum absolute atomic E-state index is 0.117. The molecule has 0 radical (unpaired) electrons. The summed E-state index contributed by atoms with van der Waals surface area (Å²) in [5.74, 6) is 0.0189. The van der Waals surface area contributed by atoms with E-state index < -0.39 is 0 Å². The van der Waals surface area contributed by atoms with Gasteiger partial charge < -0.3 is 5.32 Å². The molecule has 0 amide bonds. The number of aromatic nitrogens is 2. The van der Waals surface area contributed by atoms with E-state index >= 15 is 0 Å². The summed E-state index contributed by atoms with van der Waals surface area (Å²) in [4.78, 5) is 8.02. The van der Waals surface area contributed by atoms with E-state index in [4.69, 9.17) is 0 Å². The van der Waals surface area contributed by atoms with Crippen molar-refractivity contribution in [3.63, 3.8) is 0 Å². The highest BCUT2D eigenvalue weighted by atomic mass is 19.1. The van der Waals surface area contributed by atoms with E-state index in [0.29, 0.717) is 18.7 Å². The van der Waals surface area contributed by atoms with Crippen molar-refractivity contribution in [3.8, 4) is 0 Å². The van der Waals surface area contributed by atoms with Gasteiger partial charge in [-0.2, -0.15) is 0 Å². The van der Waals surface area contributed by atoms with Gasteiger partial charge in [-0.15, -0.1) is 0 Å². The van der Waals surface area contributed by atoms with E-state index in [1.54, 1.807) is 0 Å². The summed E-state index contributed by atoms with van der Waals surface area (Å²) in [5.41, 5.74) is 2.80. The maximum absolute atomic E-state index is 14.3. The Bertz CT molecular complexity index is 736. The van der Waals surface area contributed by atoms with Crippen molar-refractivity contribution < 1.29 is 4.39 Å². The molecule has 0 aliphatic rings. The first-order valence-electron chi connectivity index (χ1n) is 8.12. The Morgan fingerprint density at radius 1 is 0.917 bits per heavy atom. The highest BCUT2D eigenvalue weighted by Crippen LogP contribution is 2.25. The minimum Gasteiger partial charge on any atom is -0.367 e. The first-order valence-corrected chi connectivity index (χ1v) is 8.12. The number of hydrogen-bond donors (Lipinski definition) is 1. The number of hydrogen-bond acceptors (Lipinski definition) is 3. The van der Waals surface area contributed by atoms with Gasteiger partial charge in [-0.3, -0.25) is 0 Å². The maximum Gasteiger partial charge on any atom is 0.186 e. The summed E-state index contributed by atoms with van der Waals surface area (Å²) in [6.45, 7) is 2.44. The van der Waals surface area contributed by atoms with Gasteiger partial charge in [0.2, 0.25) is 0 Å². The monoisotopic (exact) mass is 321 g/mol. The lowest BCUT2D eigenvalue weighted by atomic mass is 9.91. The normalized spacial score (nSPS) is 10.8. The molecule has 0 saturated heterocycles. The van der Waals surface area contributed by atoms with Gasteiger partial charge in [-0.1, -0.05) is 67.6 Å². The lowest BCUT2D eigenvalue weighted by molar-refractivity contribution is 0.596.